The van der Waals surface area contributed by atoms with Crippen LogP contribution in [0.5, 0.6) is 5.75 Å². The van der Waals surface area contributed by atoms with E-state index < -0.39 is 6.10 Å². The van der Waals surface area contributed by atoms with E-state index in [2.05, 4.69) is 0 Å². The number of nitrogens with zero attached hydrogens (tertiary/aromatic N) is 2. The molecule has 1 spiro atoms. The van der Waals surface area contributed by atoms with Crippen molar-refractivity contribution >= 4 is 11.8 Å². The molecule has 2 saturated heterocycles. The largest absolute Gasteiger partial charge is 0.484 e. The fourth-order valence-corrected chi connectivity index (χ4v) is 5.01. The number of piperidine rings is 1. The summed E-state index contributed by atoms with van der Waals surface area (Å²) < 4.78 is 18.4. The van der Waals surface area contributed by atoms with E-state index >= 15 is 0 Å². The third kappa shape index (κ3) is 3.36. The molecule has 0 aromatic heterocycles. The average Bonchev–Trinajstić information content (AvgIpc) is 2.74. The number of aliphatic hydroxyl groups excluding tert-OH is 1. The number of hydrogen-bond acceptors (Lipinski definition) is 4. The fourth-order valence-electron chi connectivity index (χ4n) is 5.01. The summed E-state index contributed by atoms with van der Waals surface area (Å²) in [5.74, 6) is -0.136. The van der Waals surface area contributed by atoms with E-state index in [1.807, 2.05) is 4.90 Å². The Kier molecular flexibility index (Phi) is 5.27. The first-order valence-corrected chi connectivity index (χ1v) is 10.2. The van der Waals surface area contributed by atoms with Crippen LogP contribution in [0.25, 0.3) is 0 Å². The molecule has 1 aromatic carbocycles. The molecule has 4 rings (SSSR count). The van der Waals surface area contributed by atoms with Gasteiger partial charge < -0.3 is 19.6 Å². The highest BCUT2D eigenvalue weighted by atomic mass is 19.1. The van der Waals surface area contributed by atoms with Crippen LogP contribution < -0.4 is 4.74 Å². The first-order chi connectivity index (χ1) is 13.5. The minimum Gasteiger partial charge on any atom is -0.484 e. The van der Waals surface area contributed by atoms with E-state index in [1.165, 1.54) is 24.3 Å². The van der Waals surface area contributed by atoms with Gasteiger partial charge in [0.05, 0.1) is 5.54 Å². The molecule has 7 heteroatoms. The summed E-state index contributed by atoms with van der Waals surface area (Å²) in [6.07, 6.45) is 5.63. The average molecular weight is 390 g/mol. The van der Waals surface area contributed by atoms with Crippen molar-refractivity contribution in [2.75, 3.05) is 19.7 Å². The molecule has 1 unspecified atom stereocenters. The molecule has 2 heterocycles. The molecule has 1 aliphatic carbocycles. The number of carbonyl (C=O) groups excluding carboxylic acids is 2. The quantitative estimate of drug-likeness (QED) is 0.800. The molecule has 3 aliphatic rings. The number of carbonyl (C=O) groups is 2. The molecular formula is C21H27FN2O4. The number of rotatable bonds is 4. The maximum atomic E-state index is 12.9. The maximum Gasteiger partial charge on any atom is 0.260 e. The standard InChI is InChI=1S/C21H27FN2O4/c22-15-4-6-17(7-5-15)28-14-18(25)23-12-8-16(9-13-23)24-20(27)19(26)21(24)10-2-1-3-11-21/h4-7,16,19,26H,1-3,8-14H2. The molecule has 0 bridgehead atoms. The van der Waals surface area contributed by atoms with Gasteiger partial charge in [0.25, 0.3) is 11.8 Å². The zero-order chi connectivity index (χ0) is 19.7. The first-order valence-electron chi connectivity index (χ1n) is 10.2. The van der Waals surface area contributed by atoms with E-state index in [-0.39, 0.29) is 35.8 Å². The monoisotopic (exact) mass is 390 g/mol. The molecule has 6 nitrogen and oxygen atoms in total. The summed E-state index contributed by atoms with van der Waals surface area (Å²) in [7, 11) is 0. The van der Waals surface area contributed by atoms with Crippen molar-refractivity contribution in [2.45, 2.75) is 62.6 Å². The van der Waals surface area contributed by atoms with Gasteiger partial charge in [0.2, 0.25) is 0 Å². The van der Waals surface area contributed by atoms with Crippen molar-refractivity contribution in [3.8, 4) is 5.75 Å². The molecule has 3 fully saturated rings. The number of ether oxygens (including phenoxy) is 1. The predicted molar refractivity (Wildman–Crippen MR) is 100 cm³/mol. The predicted octanol–water partition coefficient (Wildman–Crippen LogP) is 2.10. The van der Waals surface area contributed by atoms with Crippen LogP contribution in [-0.4, -0.2) is 64.1 Å². The van der Waals surface area contributed by atoms with Crippen molar-refractivity contribution < 1.29 is 23.8 Å². The van der Waals surface area contributed by atoms with Gasteiger partial charge >= 0.3 is 0 Å². The summed E-state index contributed by atoms with van der Waals surface area (Å²) in [5.41, 5.74) is -0.363. The SMILES string of the molecule is O=C(COc1ccc(F)cc1)N1CCC(N2C(=O)C(O)C23CCCCC3)CC1. The zero-order valence-corrected chi connectivity index (χ0v) is 16.0. The van der Waals surface area contributed by atoms with Crippen LogP contribution in [0.15, 0.2) is 24.3 Å². The lowest BCUT2D eigenvalue weighted by atomic mass is 9.68. The molecule has 1 aromatic rings. The van der Waals surface area contributed by atoms with E-state index in [1.54, 1.807) is 4.90 Å². The van der Waals surface area contributed by atoms with Gasteiger partial charge in [0.1, 0.15) is 11.6 Å². The number of benzene rings is 1. The highest BCUT2D eigenvalue weighted by Gasteiger charge is 2.61. The number of likely N-dealkylation sites (tertiary alicyclic amines) is 2. The third-order valence-electron chi connectivity index (χ3n) is 6.54. The highest BCUT2D eigenvalue weighted by Crippen LogP contribution is 2.46. The summed E-state index contributed by atoms with van der Waals surface area (Å²) >= 11 is 0. The molecule has 2 amide bonds. The van der Waals surface area contributed by atoms with Crippen LogP contribution in [0, 0.1) is 5.82 Å². The van der Waals surface area contributed by atoms with E-state index in [0.717, 1.165) is 44.9 Å². The van der Waals surface area contributed by atoms with Crippen LogP contribution in [-0.2, 0) is 9.59 Å². The number of amides is 2. The van der Waals surface area contributed by atoms with Crippen LogP contribution in [0.3, 0.4) is 0 Å². The van der Waals surface area contributed by atoms with Crippen molar-refractivity contribution in [2.24, 2.45) is 0 Å². The van der Waals surface area contributed by atoms with Gasteiger partial charge in [0, 0.05) is 19.1 Å². The van der Waals surface area contributed by atoms with Crippen LogP contribution >= 0.6 is 0 Å². The fraction of sp³-hybridized carbons (Fsp3) is 0.619. The van der Waals surface area contributed by atoms with Gasteiger partial charge in [-0.05, 0) is 49.9 Å². The molecular weight excluding hydrogens is 363 g/mol. The number of aliphatic hydroxyl groups is 1. The van der Waals surface area contributed by atoms with Gasteiger partial charge in [0.15, 0.2) is 12.7 Å². The van der Waals surface area contributed by atoms with Gasteiger partial charge in [-0.15, -0.1) is 0 Å². The topological polar surface area (TPSA) is 70.1 Å². The molecule has 1 atom stereocenters. The second-order valence-corrected chi connectivity index (χ2v) is 8.13. The highest BCUT2D eigenvalue weighted by molar-refractivity contribution is 5.90. The summed E-state index contributed by atoms with van der Waals surface area (Å²) in [6.45, 7) is 1.07. The van der Waals surface area contributed by atoms with Crippen molar-refractivity contribution in [1.82, 2.24) is 9.80 Å². The minimum absolute atomic E-state index is 0.0818. The Morgan fingerprint density at radius 3 is 2.43 bits per heavy atom. The van der Waals surface area contributed by atoms with E-state index in [4.69, 9.17) is 4.74 Å². The molecule has 2 aliphatic heterocycles. The molecule has 1 N–H and O–H groups in total. The smallest absolute Gasteiger partial charge is 0.260 e. The van der Waals surface area contributed by atoms with Crippen LogP contribution in [0.2, 0.25) is 0 Å². The molecule has 1 saturated carbocycles. The third-order valence-corrected chi connectivity index (χ3v) is 6.54. The maximum absolute atomic E-state index is 12.9. The normalized spacial score (nSPS) is 24.9. The Balaban J connectivity index is 1.30. The lowest BCUT2D eigenvalue weighted by molar-refractivity contribution is -0.201. The Morgan fingerprint density at radius 2 is 1.79 bits per heavy atom. The Morgan fingerprint density at radius 1 is 1.14 bits per heavy atom. The zero-order valence-electron chi connectivity index (χ0n) is 16.0. The van der Waals surface area contributed by atoms with Crippen LogP contribution in [0.1, 0.15) is 44.9 Å². The van der Waals surface area contributed by atoms with E-state index in [0.29, 0.717) is 18.8 Å². The van der Waals surface area contributed by atoms with Gasteiger partial charge in [-0.2, -0.15) is 0 Å². The number of β-lactam (4-membered cyclic amide) rings is 1. The lowest BCUT2D eigenvalue weighted by Crippen LogP contribution is -2.77. The summed E-state index contributed by atoms with van der Waals surface area (Å²) in [6, 6.07) is 5.69. The van der Waals surface area contributed by atoms with Crippen molar-refractivity contribution in [3.63, 3.8) is 0 Å². The molecule has 152 valence electrons. The summed E-state index contributed by atoms with van der Waals surface area (Å²) in [4.78, 5) is 28.5. The Bertz CT molecular complexity index is 724. The van der Waals surface area contributed by atoms with Gasteiger partial charge in [-0.3, -0.25) is 9.59 Å². The number of hydrogen-bond donors (Lipinski definition) is 1. The van der Waals surface area contributed by atoms with Gasteiger partial charge in [-0.25, -0.2) is 4.39 Å². The second kappa shape index (κ2) is 7.70. The van der Waals surface area contributed by atoms with Crippen molar-refractivity contribution in [3.05, 3.63) is 30.1 Å². The first kappa shape index (κ1) is 19.2. The number of halogens is 1. The van der Waals surface area contributed by atoms with Crippen LogP contribution in [0.4, 0.5) is 4.39 Å². The summed E-state index contributed by atoms with van der Waals surface area (Å²) in [5, 5.41) is 10.3. The van der Waals surface area contributed by atoms with Gasteiger partial charge in [-0.1, -0.05) is 19.3 Å². The molecule has 0 radical (unpaired) electrons. The lowest BCUT2D eigenvalue weighted by Gasteiger charge is -2.61. The van der Waals surface area contributed by atoms with Crippen molar-refractivity contribution in [1.29, 1.82) is 0 Å². The Labute approximate surface area is 164 Å². The second-order valence-electron chi connectivity index (χ2n) is 8.13. The molecule has 28 heavy (non-hydrogen) atoms. The van der Waals surface area contributed by atoms with E-state index in [9.17, 15) is 19.1 Å². The Hall–Kier alpha value is -2.15. The minimum atomic E-state index is -0.850.